The van der Waals surface area contributed by atoms with E-state index >= 15 is 0 Å². The fraction of sp³-hybridized carbons (Fsp3) is 0.562. The first kappa shape index (κ1) is 17.8. The molecule has 0 aromatic heterocycles. The van der Waals surface area contributed by atoms with Gasteiger partial charge in [-0.1, -0.05) is 18.2 Å². The zero-order valence-corrected chi connectivity index (χ0v) is 13.8. The number of carbonyl (C=O) groups excluding carboxylic acids is 1. The highest BCUT2D eigenvalue weighted by Crippen LogP contribution is 2.22. The first-order valence-electron chi connectivity index (χ1n) is 7.25. The molecule has 0 aliphatic carbocycles. The molecule has 5 heteroatoms. The average Bonchev–Trinajstić information content (AvgIpc) is 2.46. The molecule has 21 heavy (non-hydrogen) atoms. The SMILES string of the molecule is Cc1cccc(C)c1OCC(=O)N(C)C1CCNCC1.Cl. The molecule has 0 bridgehead atoms. The molecule has 1 fully saturated rings. The van der Waals surface area contributed by atoms with Gasteiger partial charge >= 0.3 is 0 Å². The fourth-order valence-corrected chi connectivity index (χ4v) is 2.66. The summed E-state index contributed by atoms with van der Waals surface area (Å²) in [4.78, 5) is 14.1. The number of halogens is 1. The summed E-state index contributed by atoms with van der Waals surface area (Å²) in [7, 11) is 1.88. The Morgan fingerprint density at radius 3 is 2.43 bits per heavy atom. The van der Waals surface area contributed by atoms with Gasteiger partial charge in [0, 0.05) is 13.1 Å². The molecule has 0 unspecified atom stereocenters. The first-order valence-corrected chi connectivity index (χ1v) is 7.25. The van der Waals surface area contributed by atoms with E-state index in [0.717, 1.165) is 42.8 Å². The summed E-state index contributed by atoms with van der Waals surface area (Å²) < 4.78 is 5.73. The molecular formula is C16H25ClN2O2. The number of likely N-dealkylation sites (N-methyl/N-ethyl adjacent to an activating group) is 1. The molecule has 0 atom stereocenters. The Hall–Kier alpha value is -1.26. The van der Waals surface area contributed by atoms with Crippen molar-refractivity contribution in [3.8, 4) is 5.75 Å². The van der Waals surface area contributed by atoms with Crippen LogP contribution in [0, 0.1) is 13.8 Å². The lowest BCUT2D eigenvalue weighted by Gasteiger charge is -2.31. The summed E-state index contributed by atoms with van der Waals surface area (Å²) in [5.41, 5.74) is 2.14. The van der Waals surface area contributed by atoms with Crippen LogP contribution in [0.3, 0.4) is 0 Å². The van der Waals surface area contributed by atoms with Gasteiger partial charge < -0.3 is 15.0 Å². The zero-order valence-electron chi connectivity index (χ0n) is 13.0. The molecule has 1 heterocycles. The van der Waals surface area contributed by atoms with Gasteiger partial charge in [0.15, 0.2) is 6.61 Å². The van der Waals surface area contributed by atoms with Crippen molar-refractivity contribution in [3.05, 3.63) is 29.3 Å². The summed E-state index contributed by atoms with van der Waals surface area (Å²) in [6.07, 6.45) is 2.04. The lowest BCUT2D eigenvalue weighted by Crippen LogP contribution is -2.45. The van der Waals surface area contributed by atoms with Crippen LogP contribution in [0.15, 0.2) is 18.2 Å². The van der Waals surface area contributed by atoms with E-state index < -0.39 is 0 Å². The third kappa shape index (κ3) is 4.61. The number of nitrogens with zero attached hydrogens (tertiary/aromatic N) is 1. The van der Waals surface area contributed by atoms with Crippen molar-refractivity contribution in [3.63, 3.8) is 0 Å². The van der Waals surface area contributed by atoms with Crippen LogP contribution in [0.1, 0.15) is 24.0 Å². The van der Waals surface area contributed by atoms with Crippen LogP contribution in [0.25, 0.3) is 0 Å². The van der Waals surface area contributed by atoms with Crippen molar-refractivity contribution in [2.75, 3.05) is 26.7 Å². The van der Waals surface area contributed by atoms with Gasteiger partial charge in [0.2, 0.25) is 0 Å². The largest absolute Gasteiger partial charge is 0.483 e. The van der Waals surface area contributed by atoms with Crippen molar-refractivity contribution in [1.82, 2.24) is 10.2 Å². The summed E-state index contributed by atoms with van der Waals surface area (Å²) in [6.45, 7) is 6.10. The summed E-state index contributed by atoms with van der Waals surface area (Å²) in [5, 5.41) is 3.31. The molecule has 1 saturated heterocycles. The number of carbonyl (C=O) groups is 1. The van der Waals surface area contributed by atoms with E-state index in [1.807, 2.05) is 44.0 Å². The van der Waals surface area contributed by atoms with Gasteiger partial charge in [0.1, 0.15) is 5.75 Å². The monoisotopic (exact) mass is 312 g/mol. The number of aryl methyl sites for hydroxylation is 2. The van der Waals surface area contributed by atoms with Crippen LogP contribution in [-0.4, -0.2) is 43.6 Å². The van der Waals surface area contributed by atoms with E-state index in [-0.39, 0.29) is 24.9 Å². The maximum Gasteiger partial charge on any atom is 0.260 e. The maximum atomic E-state index is 12.2. The molecule has 0 saturated carbocycles. The number of amides is 1. The minimum atomic E-state index is 0. The number of ether oxygens (including phenoxy) is 1. The third-order valence-corrected chi connectivity index (χ3v) is 4.00. The second-order valence-corrected chi connectivity index (χ2v) is 5.50. The van der Waals surface area contributed by atoms with Crippen LogP contribution in [0.4, 0.5) is 0 Å². The normalized spacial score (nSPS) is 15.2. The van der Waals surface area contributed by atoms with Gasteiger partial charge in [0.25, 0.3) is 5.91 Å². The van der Waals surface area contributed by atoms with Crippen LogP contribution in [0.5, 0.6) is 5.75 Å². The zero-order chi connectivity index (χ0) is 14.5. The predicted molar refractivity (Wildman–Crippen MR) is 87.3 cm³/mol. The van der Waals surface area contributed by atoms with Crippen LogP contribution in [-0.2, 0) is 4.79 Å². The first-order chi connectivity index (χ1) is 9.59. The minimum Gasteiger partial charge on any atom is -0.483 e. The van der Waals surface area contributed by atoms with Gasteiger partial charge in [-0.2, -0.15) is 0 Å². The number of rotatable bonds is 4. The van der Waals surface area contributed by atoms with E-state index in [4.69, 9.17) is 4.74 Å². The van der Waals surface area contributed by atoms with Crippen molar-refractivity contribution in [2.24, 2.45) is 0 Å². The summed E-state index contributed by atoms with van der Waals surface area (Å²) in [5.74, 6) is 0.888. The lowest BCUT2D eigenvalue weighted by atomic mass is 10.1. The molecule has 1 aromatic carbocycles. The molecule has 1 aliphatic rings. The topological polar surface area (TPSA) is 41.6 Å². The Bertz CT molecular complexity index is 453. The highest BCUT2D eigenvalue weighted by atomic mass is 35.5. The van der Waals surface area contributed by atoms with Crippen molar-refractivity contribution in [2.45, 2.75) is 32.7 Å². The number of hydrogen-bond donors (Lipinski definition) is 1. The minimum absolute atomic E-state index is 0. The van der Waals surface area contributed by atoms with E-state index in [9.17, 15) is 4.79 Å². The number of benzene rings is 1. The molecule has 1 N–H and O–H groups in total. The molecule has 2 rings (SSSR count). The molecular weight excluding hydrogens is 288 g/mol. The molecule has 1 aliphatic heterocycles. The highest BCUT2D eigenvalue weighted by molar-refractivity contribution is 5.85. The Morgan fingerprint density at radius 2 is 1.86 bits per heavy atom. The molecule has 1 amide bonds. The quantitative estimate of drug-likeness (QED) is 0.927. The number of hydrogen-bond acceptors (Lipinski definition) is 3. The number of nitrogens with one attached hydrogen (secondary N) is 1. The third-order valence-electron chi connectivity index (χ3n) is 4.00. The van der Waals surface area contributed by atoms with Gasteiger partial charge in [-0.05, 0) is 50.9 Å². The van der Waals surface area contributed by atoms with Crippen molar-refractivity contribution >= 4 is 18.3 Å². The van der Waals surface area contributed by atoms with Crippen molar-refractivity contribution in [1.29, 1.82) is 0 Å². The van der Waals surface area contributed by atoms with E-state index in [1.165, 1.54) is 0 Å². The van der Waals surface area contributed by atoms with Crippen LogP contribution >= 0.6 is 12.4 Å². The standard InChI is InChI=1S/C16H24N2O2.ClH/c1-12-5-4-6-13(2)16(12)20-11-15(19)18(3)14-7-9-17-10-8-14;/h4-6,14,17H,7-11H2,1-3H3;1H. The molecule has 1 aromatic rings. The Morgan fingerprint density at radius 1 is 1.29 bits per heavy atom. The van der Waals surface area contributed by atoms with Gasteiger partial charge in [-0.3, -0.25) is 4.79 Å². The summed E-state index contributed by atoms with van der Waals surface area (Å²) in [6, 6.07) is 6.35. The Kier molecular flexibility index (Phi) is 6.99. The fourth-order valence-electron chi connectivity index (χ4n) is 2.66. The lowest BCUT2D eigenvalue weighted by molar-refractivity contribution is -0.134. The molecule has 4 nitrogen and oxygen atoms in total. The van der Waals surface area contributed by atoms with E-state index in [2.05, 4.69) is 5.32 Å². The highest BCUT2D eigenvalue weighted by Gasteiger charge is 2.22. The number of piperidine rings is 1. The van der Waals surface area contributed by atoms with Crippen LogP contribution in [0.2, 0.25) is 0 Å². The van der Waals surface area contributed by atoms with Gasteiger partial charge in [-0.25, -0.2) is 0 Å². The molecule has 0 radical (unpaired) electrons. The number of para-hydroxylation sites is 1. The average molecular weight is 313 g/mol. The molecule has 118 valence electrons. The second kappa shape index (κ2) is 8.25. The van der Waals surface area contributed by atoms with Gasteiger partial charge in [-0.15, -0.1) is 12.4 Å². The molecule has 0 spiro atoms. The second-order valence-electron chi connectivity index (χ2n) is 5.50. The van der Waals surface area contributed by atoms with Crippen molar-refractivity contribution < 1.29 is 9.53 Å². The Labute approximate surface area is 133 Å². The van der Waals surface area contributed by atoms with Gasteiger partial charge in [0.05, 0.1) is 0 Å². The predicted octanol–water partition coefficient (Wildman–Crippen LogP) is 2.31. The summed E-state index contributed by atoms with van der Waals surface area (Å²) >= 11 is 0. The van der Waals surface area contributed by atoms with E-state index in [0.29, 0.717) is 6.04 Å². The van der Waals surface area contributed by atoms with E-state index in [1.54, 1.807) is 0 Å². The maximum absolute atomic E-state index is 12.2. The van der Waals surface area contributed by atoms with Crippen LogP contribution < -0.4 is 10.1 Å². The smallest absolute Gasteiger partial charge is 0.260 e. The Balaban J connectivity index is 0.00000220.